The van der Waals surface area contributed by atoms with Gasteiger partial charge in [-0.25, -0.2) is 8.42 Å². The van der Waals surface area contributed by atoms with Crippen molar-refractivity contribution in [1.82, 2.24) is 10.0 Å². The molecule has 0 saturated heterocycles. The molecule has 0 heterocycles. The molecule has 0 aliphatic carbocycles. The highest BCUT2D eigenvalue weighted by Gasteiger charge is 2.21. The van der Waals surface area contributed by atoms with Crippen molar-refractivity contribution in [2.45, 2.75) is 38.7 Å². The van der Waals surface area contributed by atoms with Gasteiger partial charge in [-0.1, -0.05) is 12.1 Å². The van der Waals surface area contributed by atoms with Gasteiger partial charge < -0.3 is 10.1 Å². The van der Waals surface area contributed by atoms with Crippen LogP contribution in [0.3, 0.4) is 0 Å². The molecule has 1 aromatic carbocycles. The zero-order valence-corrected chi connectivity index (χ0v) is 14.5. The van der Waals surface area contributed by atoms with Crippen molar-refractivity contribution < 1.29 is 22.7 Å². The molecular formula is C15H22N2O5S. The maximum atomic E-state index is 12.2. The van der Waals surface area contributed by atoms with E-state index in [1.165, 1.54) is 13.0 Å². The van der Waals surface area contributed by atoms with Crippen LogP contribution in [0.25, 0.3) is 0 Å². The van der Waals surface area contributed by atoms with Crippen LogP contribution in [0.1, 0.15) is 25.0 Å². The highest BCUT2D eigenvalue weighted by molar-refractivity contribution is 7.89. The summed E-state index contributed by atoms with van der Waals surface area (Å²) in [6.07, 6.45) is -0.979. The summed E-state index contributed by atoms with van der Waals surface area (Å²) in [5.74, 6) is -1.25. The lowest BCUT2D eigenvalue weighted by atomic mass is 10.2. The molecule has 0 bridgehead atoms. The normalized spacial score (nSPS) is 12.5. The number of benzene rings is 1. The molecule has 1 aromatic rings. The molecule has 0 radical (unpaired) electrons. The number of nitrogens with one attached hydrogen (secondary N) is 2. The Morgan fingerprint density at radius 3 is 2.52 bits per heavy atom. The van der Waals surface area contributed by atoms with E-state index in [2.05, 4.69) is 10.0 Å². The van der Waals surface area contributed by atoms with Crippen molar-refractivity contribution in [2.24, 2.45) is 0 Å². The summed E-state index contributed by atoms with van der Waals surface area (Å²) < 4.78 is 31.5. The second-order valence-corrected chi connectivity index (χ2v) is 6.86. The summed E-state index contributed by atoms with van der Waals surface area (Å²) in [4.78, 5) is 23.2. The average molecular weight is 342 g/mol. The molecule has 0 unspecified atom stereocenters. The summed E-state index contributed by atoms with van der Waals surface area (Å²) in [5.41, 5.74) is 1.37. The number of hydrogen-bond acceptors (Lipinski definition) is 5. The Hall–Kier alpha value is -1.93. The maximum Gasteiger partial charge on any atom is 0.321 e. The lowest BCUT2D eigenvalue weighted by molar-refractivity contribution is -0.153. The molecule has 0 fully saturated rings. The van der Waals surface area contributed by atoms with Crippen LogP contribution in [0.5, 0.6) is 0 Å². The van der Waals surface area contributed by atoms with Crippen LogP contribution in [0, 0.1) is 13.8 Å². The average Bonchev–Trinajstić information content (AvgIpc) is 2.48. The van der Waals surface area contributed by atoms with Gasteiger partial charge in [0, 0.05) is 6.54 Å². The van der Waals surface area contributed by atoms with E-state index in [1.54, 1.807) is 32.9 Å². The van der Waals surface area contributed by atoms with Crippen molar-refractivity contribution in [2.75, 3.05) is 13.1 Å². The lowest BCUT2D eigenvalue weighted by Crippen LogP contribution is -2.38. The Morgan fingerprint density at radius 2 is 1.91 bits per heavy atom. The van der Waals surface area contributed by atoms with Crippen LogP contribution in [-0.2, 0) is 24.3 Å². The Labute approximate surface area is 136 Å². The first kappa shape index (κ1) is 19.1. The van der Waals surface area contributed by atoms with Gasteiger partial charge in [-0.05, 0) is 44.9 Å². The van der Waals surface area contributed by atoms with Crippen LogP contribution in [0.2, 0.25) is 0 Å². The first-order chi connectivity index (χ1) is 10.7. The smallest absolute Gasteiger partial charge is 0.321 e. The number of amides is 1. The Balaban J connectivity index is 2.68. The molecule has 2 N–H and O–H groups in total. The number of ether oxygens (including phenoxy) is 1. The first-order valence-corrected chi connectivity index (χ1v) is 8.69. The summed E-state index contributed by atoms with van der Waals surface area (Å²) >= 11 is 0. The molecule has 1 atom stereocenters. The van der Waals surface area contributed by atoms with Crippen molar-refractivity contribution in [3.05, 3.63) is 29.3 Å². The fourth-order valence-corrected chi connectivity index (χ4v) is 3.14. The zero-order valence-electron chi connectivity index (χ0n) is 13.7. The van der Waals surface area contributed by atoms with E-state index in [4.69, 9.17) is 4.74 Å². The minimum absolute atomic E-state index is 0.113. The standard InChI is InChI=1S/C15H22N2O5S/c1-5-16-15(19)12(4)22-14(18)9-17-23(20,21)13-8-10(2)6-7-11(13)3/h6-8,12,17H,5,9H2,1-4H3,(H,16,19)/t12-/m0/s1. The Bertz CT molecular complexity index is 685. The van der Waals surface area contributed by atoms with Crippen molar-refractivity contribution >= 4 is 21.9 Å². The third kappa shape index (κ3) is 5.65. The number of sulfonamides is 1. The van der Waals surface area contributed by atoms with Gasteiger partial charge in [0.2, 0.25) is 10.0 Å². The second kappa shape index (κ2) is 8.07. The number of likely N-dealkylation sites (N-methyl/N-ethyl adjacent to an activating group) is 1. The van der Waals surface area contributed by atoms with Crippen molar-refractivity contribution in [1.29, 1.82) is 0 Å². The van der Waals surface area contributed by atoms with Gasteiger partial charge in [0.15, 0.2) is 6.10 Å². The van der Waals surface area contributed by atoms with Crippen LogP contribution in [0.4, 0.5) is 0 Å². The SMILES string of the molecule is CCNC(=O)[C@H](C)OC(=O)CNS(=O)(=O)c1cc(C)ccc1C. The molecule has 7 nitrogen and oxygen atoms in total. The fourth-order valence-electron chi connectivity index (χ4n) is 1.84. The fraction of sp³-hybridized carbons (Fsp3) is 0.467. The van der Waals surface area contributed by atoms with E-state index in [0.29, 0.717) is 12.1 Å². The molecule has 1 rings (SSSR count). The molecule has 23 heavy (non-hydrogen) atoms. The van der Waals surface area contributed by atoms with Gasteiger partial charge in [-0.3, -0.25) is 9.59 Å². The lowest BCUT2D eigenvalue weighted by Gasteiger charge is -2.13. The van der Waals surface area contributed by atoms with Gasteiger partial charge in [0.25, 0.3) is 5.91 Å². The molecule has 0 aliphatic rings. The monoisotopic (exact) mass is 342 g/mol. The predicted molar refractivity (Wildman–Crippen MR) is 85.3 cm³/mol. The topological polar surface area (TPSA) is 102 Å². The molecule has 0 saturated carbocycles. The van der Waals surface area contributed by atoms with Gasteiger partial charge in [-0.2, -0.15) is 4.72 Å². The number of esters is 1. The summed E-state index contributed by atoms with van der Waals surface area (Å²) in [7, 11) is -3.83. The molecule has 0 aromatic heterocycles. The highest BCUT2D eigenvalue weighted by Crippen LogP contribution is 2.16. The van der Waals surface area contributed by atoms with Crippen molar-refractivity contribution in [3.8, 4) is 0 Å². The number of rotatable bonds is 7. The van der Waals surface area contributed by atoms with Crippen LogP contribution < -0.4 is 10.0 Å². The molecule has 1 amide bonds. The van der Waals surface area contributed by atoms with Gasteiger partial charge in [0.1, 0.15) is 6.54 Å². The maximum absolute atomic E-state index is 12.2. The van der Waals surface area contributed by atoms with E-state index >= 15 is 0 Å². The first-order valence-electron chi connectivity index (χ1n) is 7.21. The summed E-state index contributed by atoms with van der Waals surface area (Å²) in [5, 5.41) is 2.51. The molecule has 0 spiro atoms. The Kier molecular flexibility index (Phi) is 6.71. The Morgan fingerprint density at radius 1 is 1.26 bits per heavy atom. The highest BCUT2D eigenvalue weighted by atomic mass is 32.2. The number of carbonyl (C=O) groups excluding carboxylic acids is 2. The number of hydrogen-bond donors (Lipinski definition) is 2. The van der Waals surface area contributed by atoms with E-state index in [9.17, 15) is 18.0 Å². The summed E-state index contributed by atoms with van der Waals surface area (Å²) in [6, 6.07) is 5.02. The third-order valence-electron chi connectivity index (χ3n) is 3.07. The van der Waals surface area contributed by atoms with E-state index in [1.807, 2.05) is 0 Å². The van der Waals surface area contributed by atoms with E-state index in [-0.39, 0.29) is 4.90 Å². The van der Waals surface area contributed by atoms with Gasteiger partial charge in [-0.15, -0.1) is 0 Å². The molecule has 128 valence electrons. The van der Waals surface area contributed by atoms with Crippen molar-refractivity contribution in [3.63, 3.8) is 0 Å². The number of carbonyl (C=O) groups is 2. The molecular weight excluding hydrogens is 320 g/mol. The van der Waals surface area contributed by atoms with E-state index in [0.717, 1.165) is 5.56 Å². The second-order valence-electron chi connectivity index (χ2n) is 5.12. The zero-order chi connectivity index (χ0) is 17.6. The van der Waals surface area contributed by atoms with Gasteiger partial charge >= 0.3 is 5.97 Å². The third-order valence-corrected chi connectivity index (χ3v) is 4.61. The van der Waals surface area contributed by atoms with E-state index < -0.39 is 34.5 Å². The largest absolute Gasteiger partial charge is 0.452 e. The van der Waals surface area contributed by atoms with Crippen LogP contribution in [0.15, 0.2) is 23.1 Å². The summed E-state index contributed by atoms with van der Waals surface area (Å²) in [6.45, 7) is 6.48. The number of aryl methyl sites for hydroxylation is 2. The predicted octanol–water partition coefficient (Wildman–Crippen LogP) is 0.650. The van der Waals surface area contributed by atoms with Crippen LogP contribution in [-0.4, -0.2) is 39.5 Å². The quantitative estimate of drug-likeness (QED) is 0.709. The minimum atomic E-state index is -3.83. The van der Waals surface area contributed by atoms with Crippen LogP contribution >= 0.6 is 0 Å². The molecule has 8 heteroatoms. The van der Waals surface area contributed by atoms with Gasteiger partial charge in [0.05, 0.1) is 4.90 Å². The minimum Gasteiger partial charge on any atom is -0.452 e. The molecule has 0 aliphatic heterocycles.